The Balaban J connectivity index is 1.26. The second kappa shape index (κ2) is 7.48. The Morgan fingerprint density at radius 2 is 2.00 bits per heavy atom. The highest BCUT2D eigenvalue weighted by molar-refractivity contribution is 5.91. The number of rotatable bonds is 6. The minimum atomic E-state index is -0.184. The van der Waals surface area contributed by atoms with Gasteiger partial charge >= 0.3 is 0 Å². The Labute approximate surface area is 192 Å². The van der Waals surface area contributed by atoms with E-state index in [0.717, 1.165) is 48.4 Å². The van der Waals surface area contributed by atoms with Gasteiger partial charge in [-0.15, -0.1) is 0 Å². The SMILES string of the molecule is CC(C)(C)Cc1cc(NC(=O)Cc2ccc(-c3nn(C45CC(C4)C5)c(N)c3C#N)cc2)on1. The van der Waals surface area contributed by atoms with E-state index < -0.39 is 0 Å². The van der Waals surface area contributed by atoms with Gasteiger partial charge < -0.3 is 10.3 Å². The minimum absolute atomic E-state index is 0.0179. The first-order valence-electron chi connectivity index (χ1n) is 11.3. The molecule has 0 atom stereocenters. The molecule has 0 spiro atoms. The number of hydrogen-bond donors (Lipinski definition) is 2. The zero-order chi connectivity index (χ0) is 23.4. The summed E-state index contributed by atoms with van der Waals surface area (Å²) < 4.78 is 7.11. The predicted molar refractivity (Wildman–Crippen MR) is 124 cm³/mol. The summed E-state index contributed by atoms with van der Waals surface area (Å²) in [7, 11) is 0. The molecule has 3 aliphatic carbocycles. The van der Waals surface area contributed by atoms with Crippen LogP contribution in [0.5, 0.6) is 0 Å². The molecule has 33 heavy (non-hydrogen) atoms. The predicted octanol–water partition coefficient (Wildman–Crippen LogP) is 4.27. The van der Waals surface area contributed by atoms with E-state index in [-0.39, 0.29) is 23.3 Å². The van der Waals surface area contributed by atoms with E-state index in [2.05, 4.69) is 37.3 Å². The first-order chi connectivity index (χ1) is 15.7. The van der Waals surface area contributed by atoms with Gasteiger partial charge in [0.15, 0.2) is 0 Å². The van der Waals surface area contributed by atoms with Crippen LogP contribution in [0.3, 0.4) is 0 Å². The number of aromatic nitrogens is 3. The molecule has 6 rings (SSSR count). The Morgan fingerprint density at radius 1 is 1.30 bits per heavy atom. The van der Waals surface area contributed by atoms with E-state index in [1.807, 2.05) is 28.9 Å². The number of nitrogens with two attached hydrogens (primary N) is 1. The number of nitrogens with zero attached hydrogens (tertiary/aromatic N) is 4. The normalized spacial score (nSPS) is 21.1. The third-order valence-corrected chi connectivity index (χ3v) is 6.61. The van der Waals surface area contributed by atoms with Gasteiger partial charge in [-0.1, -0.05) is 50.2 Å². The third kappa shape index (κ3) is 3.88. The molecule has 1 aromatic carbocycles. The van der Waals surface area contributed by atoms with Gasteiger partial charge in [-0.2, -0.15) is 10.4 Å². The van der Waals surface area contributed by atoms with E-state index in [1.165, 1.54) is 0 Å². The van der Waals surface area contributed by atoms with E-state index in [9.17, 15) is 10.1 Å². The van der Waals surface area contributed by atoms with Gasteiger partial charge in [0.25, 0.3) is 0 Å². The van der Waals surface area contributed by atoms with Crippen molar-refractivity contribution < 1.29 is 9.32 Å². The molecule has 170 valence electrons. The molecule has 8 nitrogen and oxygen atoms in total. The molecule has 1 amide bonds. The molecular formula is C25H28N6O2. The van der Waals surface area contributed by atoms with Gasteiger partial charge in [-0.05, 0) is 42.6 Å². The van der Waals surface area contributed by atoms with Crippen molar-refractivity contribution in [3.05, 3.63) is 47.2 Å². The number of nitrogen functional groups attached to an aromatic ring is 1. The molecule has 8 heteroatoms. The second-order valence-corrected chi connectivity index (χ2v) is 10.7. The second-order valence-electron chi connectivity index (χ2n) is 10.7. The van der Waals surface area contributed by atoms with Crippen molar-refractivity contribution in [2.24, 2.45) is 11.3 Å². The van der Waals surface area contributed by atoms with Crippen LogP contribution in [0.1, 0.15) is 56.9 Å². The van der Waals surface area contributed by atoms with Crippen molar-refractivity contribution in [1.82, 2.24) is 14.9 Å². The molecule has 2 heterocycles. The topological polar surface area (TPSA) is 123 Å². The maximum absolute atomic E-state index is 12.5. The molecule has 2 aromatic heterocycles. The summed E-state index contributed by atoms with van der Waals surface area (Å²) >= 11 is 0. The van der Waals surface area contributed by atoms with E-state index in [4.69, 9.17) is 15.4 Å². The number of carbonyl (C=O) groups excluding carboxylic acids is 1. The fraction of sp³-hybridized carbons (Fsp3) is 0.440. The molecule has 3 aromatic rings. The number of anilines is 2. The molecule has 3 fully saturated rings. The molecule has 3 aliphatic rings. The van der Waals surface area contributed by atoms with Crippen molar-refractivity contribution in [2.75, 3.05) is 11.1 Å². The molecule has 2 bridgehead atoms. The molecule has 3 saturated carbocycles. The summed E-state index contributed by atoms with van der Waals surface area (Å²) in [5.74, 6) is 1.40. The van der Waals surface area contributed by atoms with E-state index in [1.54, 1.807) is 6.07 Å². The fourth-order valence-corrected chi connectivity index (χ4v) is 4.94. The fourth-order valence-electron chi connectivity index (χ4n) is 4.94. The van der Waals surface area contributed by atoms with Gasteiger partial charge in [-0.3, -0.25) is 10.1 Å². The zero-order valence-electron chi connectivity index (χ0n) is 19.2. The molecule has 0 radical (unpaired) electrons. The minimum Gasteiger partial charge on any atom is -0.383 e. The van der Waals surface area contributed by atoms with Crippen LogP contribution in [-0.4, -0.2) is 20.8 Å². The Kier molecular flexibility index (Phi) is 4.82. The number of hydrogen-bond acceptors (Lipinski definition) is 6. The van der Waals surface area contributed by atoms with Crippen LogP contribution in [0.25, 0.3) is 11.3 Å². The Bertz CT molecular complexity index is 1240. The molecule has 0 saturated heterocycles. The Morgan fingerprint density at radius 3 is 2.58 bits per heavy atom. The van der Waals surface area contributed by atoms with Crippen LogP contribution in [0, 0.1) is 22.7 Å². The van der Waals surface area contributed by atoms with Crippen molar-refractivity contribution >= 4 is 17.6 Å². The number of benzene rings is 1. The van der Waals surface area contributed by atoms with Gasteiger partial charge in [0, 0.05) is 11.6 Å². The molecular weight excluding hydrogens is 416 g/mol. The van der Waals surface area contributed by atoms with Gasteiger partial charge in [0.1, 0.15) is 23.1 Å². The lowest BCUT2D eigenvalue weighted by Gasteiger charge is -2.61. The summed E-state index contributed by atoms with van der Waals surface area (Å²) in [4.78, 5) is 12.5. The zero-order valence-corrected chi connectivity index (χ0v) is 19.2. The van der Waals surface area contributed by atoms with E-state index >= 15 is 0 Å². The Hall–Kier alpha value is -3.60. The summed E-state index contributed by atoms with van der Waals surface area (Å²) in [6.45, 7) is 6.37. The molecule has 0 aliphatic heterocycles. The first kappa shape index (κ1) is 21.3. The van der Waals surface area contributed by atoms with Crippen LogP contribution in [0.2, 0.25) is 0 Å². The van der Waals surface area contributed by atoms with Gasteiger partial charge in [0.2, 0.25) is 11.8 Å². The van der Waals surface area contributed by atoms with Crippen molar-refractivity contribution in [1.29, 1.82) is 5.26 Å². The maximum atomic E-state index is 12.5. The quantitative estimate of drug-likeness (QED) is 0.585. The smallest absolute Gasteiger partial charge is 0.231 e. The van der Waals surface area contributed by atoms with Crippen molar-refractivity contribution in [3.63, 3.8) is 0 Å². The van der Waals surface area contributed by atoms with Crippen molar-refractivity contribution in [3.8, 4) is 17.3 Å². The highest BCUT2D eigenvalue weighted by Crippen LogP contribution is 2.63. The lowest BCUT2D eigenvalue weighted by atomic mass is 9.50. The lowest BCUT2D eigenvalue weighted by molar-refractivity contribution is -0.115. The van der Waals surface area contributed by atoms with E-state index in [0.29, 0.717) is 23.0 Å². The average molecular weight is 445 g/mol. The average Bonchev–Trinajstić information content (AvgIpc) is 3.22. The standard InChI is InChI=1S/C25H28N6O2/c1-24(2,3)13-18-9-21(33-30-18)28-20(32)8-15-4-6-17(7-5-15)22-19(14-26)23(27)31(29-22)25-10-16(11-25)12-25/h4-7,9,16H,8,10-13,27H2,1-3H3,(H,28,32). The lowest BCUT2D eigenvalue weighted by Crippen LogP contribution is -2.59. The van der Waals surface area contributed by atoms with Crippen LogP contribution < -0.4 is 11.1 Å². The summed E-state index contributed by atoms with van der Waals surface area (Å²) in [5, 5.41) is 21.2. The third-order valence-electron chi connectivity index (χ3n) is 6.61. The summed E-state index contributed by atoms with van der Waals surface area (Å²) in [5.41, 5.74) is 9.88. The van der Waals surface area contributed by atoms with Crippen molar-refractivity contribution in [2.45, 2.75) is 58.4 Å². The molecule has 3 N–H and O–H groups in total. The van der Waals surface area contributed by atoms with Crippen LogP contribution in [-0.2, 0) is 23.2 Å². The number of nitriles is 1. The van der Waals surface area contributed by atoms with Crippen LogP contribution in [0.4, 0.5) is 11.7 Å². The van der Waals surface area contributed by atoms with Crippen LogP contribution >= 0.6 is 0 Å². The number of amides is 1. The number of nitrogens with one attached hydrogen (secondary N) is 1. The highest BCUT2D eigenvalue weighted by Gasteiger charge is 2.59. The summed E-state index contributed by atoms with van der Waals surface area (Å²) in [6.07, 6.45) is 4.25. The highest BCUT2D eigenvalue weighted by atomic mass is 16.5. The van der Waals surface area contributed by atoms with Gasteiger partial charge in [0.05, 0.1) is 17.7 Å². The maximum Gasteiger partial charge on any atom is 0.231 e. The first-order valence-corrected chi connectivity index (χ1v) is 11.3. The number of carbonyl (C=O) groups is 1. The monoisotopic (exact) mass is 444 g/mol. The van der Waals surface area contributed by atoms with Gasteiger partial charge in [-0.25, -0.2) is 4.68 Å². The summed E-state index contributed by atoms with van der Waals surface area (Å²) in [6, 6.07) is 11.5. The van der Waals surface area contributed by atoms with Crippen LogP contribution in [0.15, 0.2) is 34.9 Å². The largest absolute Gasteiger partial charge is 0.383 e. The molecule has 0 unspecified atom stereocenters.